The van der Waals surface area contributed by atoms with E-state index in [0.29, 0.717) is 45.8 Å². The van der Waals surface area contributed by atoms with E-state index in [2.05, 4.69) is 24.1 Å². The lowest BCUT2D eigenvalue weighted by molar-refractivity contribution is 0.0987. The summed E-state index contributed by atoms with van der Waals surface area (Å²) in [5.74, 6) is 0.419. The standard InChI is InChI=1S/C37H38Cl2N4O3/c1-4-13-43-14-11-26-22(2)16-31(41-33(26)21-43)34(45)19-25-7-5-10-29(35(25)39)27-8-6-9-28(23(27)3)37-42-32-18-24(20-40-12-15-44)17-30(38)36(32)46-37/h5-10,16-18,40,44H,4,11-15,19-21H2,1-3H3. The summed E-state index contributed by atoms with van der Waals surface area (Å²) in [5, 5.41) is 13.3. The predicted octanol–water partition coefficient (Wildman–Crippen LogP) is 7.76. The van der Waals surface area contributed by atoms with E-state index in [9.17, 15) is 4.79 Å². The van der Waals surface area contributed by atoms with Gasteiger partial charge in [-0.05, 0) is 90.9 Å². The van der Waals surface area contributed by atoms with Gasteiger partial charge in [-0.25, -0.2) is 9.97 Å². The molecule has 0 atom stereocenters. The van der Waals surface area contributed by atoms with Crippen LogP contribution in [0.2, 0.25) is 10.0 Å². The van der Waals surface area contributed by atoms with Gasteiger partial charge in [-0.2, -0.15) is 0 Å². The Morgan fingerprint density at radius 2 is 1.83 bits per heavy atom. The van der Waals surface area contributed by atoms with Crippen molar-refractivity contribution in [3.63, 3.8) is 0 Å². The number of oxazole rings is 1. The summed E-state index contributed by atoms with van der Waals surface area (Å²) >= 11 is 13.6. The molecule has 0 fully saturated rings. The number of aromatic nitrogens is 2. The average Bonchev–Trinajstić information content (AvgIpc) is 3.47. The summed E-state index contributed by atoms with van der Waals surface area (Å²) in [5.41, 5.74) is 10.4. The number of aliphatic hydroxyl groups excluding tert-OH is 1. The first kappa shape index (κ1) is 32.4. The number of hydrogen-bond acceptors (Lipinski definition) is 7. The predicted molar refractivity (Wildman–Crippen MR) is 185 cm³/mol. The fourth-order valence-corrected chi connectivity index (χ4v) is 6.94. The van der Waals surface area contributed by atoms with Gasteiger partial charge in [-0.3, -0.25) is 9.69 Å². The van der Waals surface area contributed by atoms with Gasteiger partial charge in [0.1, 0.15) is 11.2 Å². The van der Waals surface area contributed by atoms with E-state index in [1.807, 2.05) is 61.5 Å². The van der Waals surface area contributed by atoms with Crippen LogP contribution in [-0.4, -0.2) is 52.0 Å². The number of rotatable bonds is 11. The van der Waals surface area contributed by atoms with Gasteiger partial charge in [0.2, 0.25) is 5.89 Å². The Labute approximate surface area is 279 Å². The molecule has 1 aliphatic rings. The van der Waals surface area contributed by atoms with E-state index in [1.54, 1.807) is 0 Å². The maximum atomic E-state index is 13.6. The summed E-state index contributed by atoms with van der Waals surface area (Å²) in [6.45, 7) is 10.2. The number of pyridine rings is 1. The second kappa shape index (κ2) is 14.0. The number of carbonyl (C=O) groups is 1. The van der Waals surface area contributed by atoms with Gasteiger partial charge in [-0.1, -0.05) is 60.5 Å². The zero-order chi connectivity index (χ0) is 32.4. The number of hydrogen-bond donors (Lipinski definition) is 2. The average molecular weight is 658 g/mol. The fraction of sp³-hybridized carbons (Fsp3) is 0.324. The van der Waals surface area contributed by atoms with Crippen molar-refractivity contribution in [2.75, 3.05) is 26.2 Å². The number of benzene rings is 3. The summed E-state index contributed by atoms with van der Waals surface area (Å²) in [6.07, 6.45) is 2.22. The van der Waals surface area contributed by atoms with Gasteiger partial charge in [0.25, 0.3) is 0 Å². The highest BCUT2D eigenvalue weighted by Crippen LogP contribution is 2.38. The SMILES string of the molecule is CCCN1CCc2c(C)cc(C(=O)Cc3cccc(-c4cccc(-c5nc6cc(CNCCO)cc(Cl)c6o5)c4C)c3Cl)nc2C1. The van der Waals surface area contributed by atoms with Gasteiger partial charge < -0.3 is 14.8 Å². The minimum atomic E-state index is -0.0441. The molecule has 2 N–H and O–H groups in total. The lowest BCUT2D eigenvalue weighted by Crippen LogP contribution is -2.32. The van der Waals surface area contributed by atoms with Crippen LogP contribution >= 0.6 is 23.2 Å². The van der Waals surface area contributed by atoms with Crippen LogP contribution in [0.5, 0.6) is 0 Å². The molecule has 0 spiro atoms. The Kier molecular flexibility index (Phi) is 9.87. The van der Waals surface area contributed by atoms with Gasteiger partial charge in [0, 0.05) is 43.7 Å². The van der Waals surface area contributed by atoms with Crippen molar-refractivity contribution in [2.24, 2.45) is 0 Å². The maximum Gasteiger partial charge on any atom is 0.227 e. The lowest BCUT2D eigenvalue weighted by Gasteiger charge is -2.29. The van der Waals surface area contributed by atoms with Crippen molar-refractivity contribution in [1.82, 2.24) is 20.2 Å². The van der Waals surface area contributed by atoms with Crippen LogP contribution in [0, 0.1) is 13.8 Å². The fourth-order valence-electron chi connectivity index (χ4n) is 6.37. The summed E-state index contributed by atoms with van der Waals surface area (Å²) in [4.78, 5) is 25.6. The van der Waals surface area contributed by atoms with Crippen LogP contribution < -0.4 is 5.32 Å². The van der Waals surface area contributed by atoms with Gasteiger partial charge in [-0.15, -0.1) is 0 Å². The van der Waals surface area contributed by atoms with E-state index in [4.69, 9.17) is 42.7 Å². The number of ketones is 1. The number of Topliss-reactive ketones (excluding diaryl/α,β-unsaturated/α-hetero) is 1. The Balaban J connectivity index is 1.28. The molecule has 3 aromatic carbocycles. The molecule has 0 bridgehead atoms. The molecule has 9 heteroatoms. The number of nitrogens with one attached hydrogen (secondary N) is 1. The lowest BCUT2D eigenvalue weighted by atomic mass is 9.93. The first-order valence-corrected chi connectivity index (χ1v) is 16.6. The van der Waals surface area contributed by atoms with Gasteiger partial charge >= 0.3 is 0 Å². The molecule has 0 saturated heterocycles. The number of aliphatic hydroxyl groups is 1. The molecule has 7 nitrogen and oxygen atoms in total. The first-order valence-electron chi connectivity index (χ1n) is 15.8. The highest BCUT2D eigenvalue weighted by molar-refractivity contribution is 6.35. The quantitative estimate of drug-likeness (QED) is 0.111. The van der Waals surface area contributed by atoms with Crippen LogP contribution in [0.1, 0.15) is 57.3 Å². The Hall–Kier alpha value is -3.59. The molecule has 238 valence electrons. The summed E-state index contributed by atoms with van der Waals surface area (Å²) in [6, 6.07) is 17.5. The third kappa shape index (κ3) is 6.61. The van der Waals surface area contributed by atoms with Crippen LogP contribution in [0.25, 0.3) is 33.7 Å². The van der Waals surface area contributed by atoms with E-state index >= 15 is 0 Å². The van der Waals surface area contributed by atoms with Crippen molar-refractivity contribution in [2.45, 2.75) is 53.1 Å². The monoisotopic (exact) mass is 656 g/mol. The molecule has 1 aliphatic heterocycles. The second-order valence-corrected chi connectivity index (χ2v) is 12.8. The van der Waals surface area contributed by atoms with Crippen molar-refractivity contribution in [3.8, 4) is 22.6 Å². The minimum Gasteiger partial charge on any atom is -0.434 e. The summed E-state index contributed by atoms with van der Waals surface area (Å²) < 4.78 is 6.17. The number of fused-ring (bicyclic) bond motifs is 2. The topological polar surface area (TPSA) is 91.5 Å². The molecule has 5 aromatic rings. The van der Waals surface area contributed by atoms with Gasteiger partial charge in [0.05, 0.1) is 22.3 Å². The third-order valence-electron chi connectivity index (χ3n) is 8.72. The molecule has 46 heavy (non-hydrogen) atoms. The summed E-state index contributed by atoms with van der Waals surface area (Å²) in [7, 11) is 0. The third-order valence-corrected chi connectivity index (χ3v) is 9.44. The van der Waals surface area contributed by atoms with Crippen LogP contribution in [-0.2, 0) is 25.9 Å². The molecule has 0 amide bonds. The second-order valence-electron chi connectivity index (χ2n) is 12.0. The van der Waals surface area contributed by atoms with E-state index < -0.39 is 0 Å². The van der Waals surface area contributed by atoms with Crippen molar-refractivity contribution in [1.29, 1.82) is 0 Å². The molecule has 2 aromatic heterocycles. The van der Waals surface area contributed by atoms with Crippen LogP contribution in [0.15, 0.2) is 59.0 Å². The number of halogens is 2. The zero-order valence-corrected chi connectivity index (χ0v) is 27.9. The van der Waals surface area contributed by atoms with E-state index in [0.717, 1.165) is 77.1 Å². The van der Waals surface area contributed by atoms with Crippen LogP contribution in [0.3, 0.4) is 0 Å². The maximum absolute atomic E-state index is 13.6. The highest BCUT2D eigenvalue weighted by atomic mass is 35.5. The molecule has 0 radical (unpaired) electrons. The van der Waals surface area contributed by atoms with Crippen molar-refractivity contribution in [3.05, 3.63) is 104 Å². The Bertz CT molecular complexity index is 1920. The largest absolute Gasteiger partial charge is 0.434 e. The molecule has 6 rings (SSSR count). The molecular formula is C37H38Cl2N4O3. The number of nitrogens with zero attached hydrogens (tertiary/aromatic N) is 3. The van der Waals surface area contributed by atoms with E-state index in [-0.39, 0.29) is 18.8 Å². The van der Waals surface area contributed by atoms with Crippen molar-refractivity contribution >= 4 is 40.1 Å². The Morgan fingerprint density at radius 3 is 2.63 bits per heavy atom. The zero-order valence-electron chi connectivity index (χ0n) is 26.4. The number of aryl methyl sites for hydroxylation is 1. The Morgan fingerprint density at radius 1 is 1.04 bits per heavy atom. The minimum absolute atomic E-state index is 0.0441. The molecule has 0 unspecified atom stereocenters. The smallest absolute Gasteiger partial charge is 0.227 e. The van der Waals surface area contributed by atoms with E-state index in [1.165, 1.54) is 5.56 Å². The van der Waals surface area contributed by atoms with Crippen LogP contribution in [0.4, 0.5) is 0 Å². The molecule has 0 saturated carbocycles. The highest BCUT2D eigenvalue weighted by Gasteiger charge is 2.23. The molecule has 0 aliphatic carbocycles. The van der Waals surface area contributed by atoms with Gasteiger partial charge in [0.15, 0.2) is 11.4 Å². The number of carbonyl (C=O) groups excluding carboxylic acids is 1. The molecular weight excluding hydrogens is 619 g/mol. The first-order chi connectivity index (χ1) is 22.3. The normalized spacial score (nSPS) is 13.3. The molecule has 3 heterocycles. The van der Waals surface area contributed by atoms with Crippen molar-refractivity contribution < 1.29 is 14.3 Å².